The number of carbonyl (C=O) groups is 1. The number of anilines is 1. The smallest absolute Gasteiger partial charge is 0.331 e. The molecule has 0 aliphatic heterocycles. The van der Waals surface area contributed by atoms with E-state index in [0.717, 1.165) is 29.4 Å². The molecule has 0 radical (unpaired) electrons. The van der Waals surface area contributed by atoms with E-state index in [0.29, 0.717) is 10.8 Å². The van der Waals surface area contributed by atoms with Crippen molar-refractivity contribution in [3.05, 3.63) is 65.1 Å². The quantitative estimate of drug-likeness (QED) is 0.480. The summed E-state index contributed by atoms with van der Waals surface area (Å²) < 4.78 is 15.1. The number of fused-ring (bicyclic) bond motifs is 1. The van der Waals surface area contributed by atoms with Crippen molar-refractivity contribution in [2.24, 2.45) is 5.10 Å². The van der Waals surface area contributed by atoms with Crippen LogP contribution in [-0.2, 0) is 6.54 Å². The van der Waals surface area contributed by atoms with Gasteiger partial charge in [0.2, 0.25) is 0 Å². The number of carbonyl (C=O) groups excluding carboxylic acids is 1. The molecule has 1 aromatic heterocycles. The van der Waals surface area contributed by atoms with Crippen LogP contribution < -0.4 is 10.7 Å². The summed E-state index contributed by atoms with van der Waals surface area (Å²) in [5.41, 5.74) is 4.46. The van der Waals surface area contributed by atoms with Gasteiger partial charge in [0.15, 0.2) is 0 Å². The second kappa shape index (κ2) is 8.01. The van der Waals surface area contributed by atoms with Crippen molar-refractivity contribution in [3.63, 3.8) is 0 Å². The highest BCUT2D eigenvalue weighted by Crippen LogP contribution is 2.29. The Kier molecular flexibility index (Phi) is 5.53. The zero-order valence-corrected chi connectivity index (χ0v) is 14.9. The number of aromatic nitrogens is 1. The van der Waals surface area contributed by atoms with E-state index in [1.807, 2.05) is 28.8 Å². The summed E-state index contributed by atoms with van der Waals surface area (Å²) in [6.45, 7) is 2.87. The SMILES string of the molecule is CCCn1c(Cl)c(/C=N/NC(=O)Nc2cccc(F)c2)c2ccccc21. The maximum atomic E-state index is 13.1. The number of nitrogens with one attached hydrogen (secondary N) is 2. The van der Waals surface area contributed by atoms with E-state index in [1.54, 1.807) is 6.07 Å². The Morgan fingerprint density at radius 3 is 2.85 bits per heavy atom. The number of hydrogen-bond acceptors (Lipinski definition) is 2. The van der Waals surface area contributed by atoms with Crippen molar-refractivity contribution in [1.82, 2.24) is 9.99 Å². The first kappa shape index (κ1) is 17.9. The molecule has 0 aliphatic carbocycles. The molecule has 26 heavy (non-hydrogen) atoms. The molecule has 2 amide bonds. The summed E-state index contributed by atoms with van der Waals surface area (Å²) in [5.74, 6) is -0.429. The molecular formula is C19H18ClFN4O. The Labute approximate surface area is 155 Å². The summed E-state index contributed by atoms with van der Waals surface area (Å²) in [4.78, 5) is 11.9. The molecule has 0 unspecified atom stereocenters. The van der Waals surface area contributed by atoms with Gasteiger partial charge in [-0.3, -0.25) is 0 Å². The molecule has 2 N–H and O–H groups in total. The maximum Gasteiger partial charge on any atom is 0.339 e. The Bertz CT molecular complexity index is 967. The molecule has 0 fully saturated rings. The van der Waals surface area contributed by atoms with E-state index in [-0.39, 0.29) is 0 Å². The topological polar surface area (TPSA) is 58.4 Å². The fourth-order valence-electron chi connectivity index (χ4n) is 2.74. The minimum Gasteiger partial charge on any atom is -0.331 e. The number of nitrogens with zero attached hydrogens (tertiary/aromatic N) is 2. The normalized spacial score (nSPS) is 11.2. The number of halogens is 2. The number of benzene rings is 2. The van der Waals surface area contributed by atoms with Crippen molar-refractivity contribution in [1.29, 1.82) is 0 Å². The Morgan fingerprint density at radius 1 is 1.27 bits per heavy atom. The van der Waals surface area contributed by atoms with Gasteiger partial charge >= 0.3 is 6.03 Å². The van der Waals surface area contributed by atoms with Gasteiger partial charge in [-0.05, 0) is 30.7 Å². The molecule has 0 atom stereocenters. The van der Waals surface area contributed by atoms with Gasteiger partial charge in [0.1, 0.15) is 11.0 Å². The van der Waals surface area contributed by atoms with Gasteiger partial charge in [0.05, 0.1) is 6.21 Å². The number of rotatable bonds is 5. The van der Waals surface area contributed by atoms with E-state index in [1.165, 1.54) is 24.4 Å². The van der Waals surface area contributed by atoms with E-state index in [2.05, 4.69) is 22.8 Å². The number of amides is 2. The molecule has 3 rings (SSSR count). The second-order valence-corrected chi connectivity index (χ2v) is 6.07. The Morgan fingerprint density at radius 2 is 2.08 bits per heavy atom. The predicted octanol–water partition coefficient (Wildman–Crippen LogP) is 5.00. The summed E-state index contributed by atoms with van der Waals surface area (Å²) in [6, 6.07) is 12.9. The Balaban J connectivity index is 1.76. The fourth-order valence-corrected chi connectivity index (χ4v) is 3.07. The third kappa shape index (κ3) is 3.86. The maximum absolute atomic E-state index is 13.1. The summed E-state index contributed by atoms with van der Waals surface area (Å²) in [7, 11) is 0. The second-order valence-electron chi connectivity index (χ2n) is 5.71. The van der Waals surface area contributed by atoms with E-state index in [4.69, 9.17) is 11.6 Å². The summed E-state index contributed by atoms with van der Waals surface area (Å²) in [6.07, 6.45) is 2.46. The first-order valence-corrected chi connectivity index (χ1v) is 8.60. The molecule has 7 heteroatoms. The third-order valence-corrected chi connectivity index (χ3v) is 4.24. The van der Waals surface area contributed by atoms with Crippen LogP contribution in [0, 0.1) is 5.82 Å². The molecule has 1 heterocycles. The molecule has 0 bridgehead atoms. The van der Waals surface area contributed by atoms with Crippen molar-refractivity contribution in [3.8, 4) is 0 Å². The van der Waals surface area contributed by atoms with Crippen molar-refractivity contribution < 1.29 is 9.18 Å². The molecule has 0 aliphatic rings. The predicted molar refractivity (Wildman–Crippen MR) is 103 cm³/mol. The number of hydrazone groups is 1. The molecule has 134 valence electrons. The molecule has 2 aromatic carbocycles. The average Bonchev–Trinajstić information content (AvgIpc) is 2.88. The molecule has 0 spiro atoms. The standard InChI is InChI=1S/C19H18ClFN4O/c1-2-10-25-17-9-4-3-8-15(17)16(18(25)20)12-22-24-19(26)23-14-7-5-6-13(21)11-14/h3-9,11-12H,2,10H2,1H3,(H2,23,24,26)/b22-12+. The van der Waals surface area contributed by atoms with Crippen LogP contribution in [0.4, 0.5) is 14.9 Å². The van der Waals surface area contributed by atoms with Crippen molar-refractivity contribution in [2.75, 3.05) is 5.32 Å². The fraction of sp³-hybridized carbons (Fsp3) is 0.158. The lowest BCUT2D eigenvalue weighted by molar-refractivity contribution is 0.252. The van der Waals surface area contributed by atoms with Crippen LogP contribution in [0.3, 0.4) is 0 Å². The molecular weight excluding hydrogens is 355 g/mol. The highest BCUT2D eigenvalue weighted by atomic mass is 35.5. The monoisotopic (exact) mass is 372 g/mol. The van der Waals surface area contributed by atoms with Gasteiger partial charge in [-0.25, -0.2) is 14.6 Å². The Hall–Kier alpha value is -2.86. The summed E-state index contributed by atoms with van der Waals surface area (Å²) in [5, 5.41) is 8.00. The highest BCUT2D eigenvalue weighted by Gasteiger charge is 2.13. The van der Waals surface area contributed by atoms with Crippen LogP contribution in [0.5, 0.6) is 0 Å². The number of urea groups is 1. The van der Waals surface area contributed by atoms with Crippen LogP contribution in [0.25, 0.3) is 10.9 Å². The number of para-hydroxylation sites is 1. The van der Waals surface area contributed by atoms with Crippen LogP contribution in [0.2, 0.25) is 5.15 Å². The zero-order valence-electron chi connectivity index (χ0n) is 14.2. The van der Waals surface area contributed by atoms with Crippen molar-refractivity contribution >= 4 is 40.4 Å². The zero-order chi connectivity index (χ0) is 18.5. The first-order valence-electron chi connectivity index (χ1n) is 8.22. The average molecular weight is 373 g/mol. The highest BCUT2D eigenvalue weighted by molar-refractivity contribution is 6.34. The summed E-state index contributed by atoms with van der Waals surface area (Å²) >= 11 is 6.50. The van der Waals surface area contributed by atoms with Gasteiger partial charge < -0.3 is 9.88 Å². The van der Waals surface area contributed by atoms with Crippen LogP contribution in [0.1, 0.15) is 18.9 Å². The minimum absolute atomic E-state index is 0.343. The van der Waals surface area contributed by atoms with Crippen LogP contribution >= 0.6 is 11.6 Å². The van der Waals surface area contributed by atoms with Crippen LogP contribution in [0.15, 0.2) is 53.6 Å². The van der Waals surface area contributed by atoms with Gasteiger partial charge in [-0.2, -0.15) is 5.10 Å². The van der Waals surface area contributed by atoms with Crippen LogP contribution in [-0.4, -0.2) is 16.8 Å². The number of hydrogen-bond donors (Lipinski definition) is 2. The van der Waals surface area contributed by atoms with Gasteiger partial charge in [-0.1, -0.05) is 42.8 Å². The van der Waals surface area contributed by atoms with Crippen molar-refractivity contribution in [2.45, 2.75) is 19.9 Å². The van der Waals surface area contributed by atoms with E-state index in [9.17, 15) is 9.18 Å². The lowest BCUT2D eigenvalue weighted by Crippen LogP contribution is -2.24. The lowest BCUT2D eigenvalue weighted by Gasteiger charge is -2.04. The van der Waals surface area contributed by atoms with Gasteiger partial charge in [-0.15, -0.1) is 0 Å². The number of aryl methyl sites for hydroxylation is 1. The molecule has 0 saturated heterocycles. The largest absolute Gasteiger partial charge is 0.339 e. The molecule has 5 nitrogen and oxygen atoms in total. The van der Waals surface area contributed by atoms with E-state index >= 15 is 0 Å². The molecule has 0 saturated carbocycles. The van der Waals surface area contributed by atoms with Gasteiger partial charge in [0.25, 0.3) is 0 Å². The first-order chi connectivity index (χ1) is 12.6. The lowest BCUT2D eigenvalue weighted by atomic mass is 10.2. The molecule has 3 aromatic rings. The van der Waals surface area contributed by atoms with E-state index < -0.39 is 11.8 Å². The minimum atomic E-state index is -0.569. The van der Waals surface area contributed by atoms with Gasteiger partial charge in [0, 0.05) is 28.7 Å². The third-order valence-electron chi connectivity index (χ3n) is 3.83.